The third kappa shape index (κ3) is 2.77. The molecule has 0 aliphatic heterocycles. The molecule has 0 spiro atoms. The number of halogens is 2. The van der Waals surface area contributed by atoms with E-state index in [1.165, 1.54) is 6.07 Å². The number of hydrogen-bond donors (Lipinski definition) is 1. The largest absolute Gasteiger partial charge is 0.377 e. The molecule has 0 bridgehead atoms. The van der Waals surface area contributed by atoms with Gasteiger partial charge in [0.1, 0.15) is 0 Å². The molecule has 0 saturated carbocycles. The van der Waals surface area contributed by atoms with E-state index in [2.05, 4.69) is 5.32 Å². The minimum atomic E-state index is -0.832. The molecule has 0 heterocycles. The van der Waals surface area contributed by atoms with Gasteiger partial charge in [-0.3, -0.25) is 0 Å². The van der Waals surface area contributed by atoms with Gasteiger partial charge in [0.15, 0.2) is 11.6 Å². The lowest BCUT2D eigenvalue weighted by Crippen LogP contribution is -2.30. The highest BCUT2D eigenvalue weighted by atomic mass is 19.2. The van der Waals surface area contributed by atoms with E-state index in [4.69, 9.17) is 4.74 Å². The molecule has 0 amide bonds. The van der Waals surface area contributed by atoms with Crippen molar-refractivity contribution >= 4 is 0 Å². The highest BCUT2D eigenvalue weighted by molar-refractivity contribution is 5.23. The average Bonchev–Trinajstić information content (AvgIpc) is 2.25. The Bertz CT molecular complexity index is 344. The lowest BCUT2D eigenvalue weighted by atomic mass is 10.0. The van der Waals surface area contributed by atoms with Crippen LogP contribution in [0.2, 0.25) is 0 Å². The van der Waals surface area contributed by atoms with Gasteiger partial charge >= 0.3 is 0 Å². The maximum absolute atomic E-state index is 13.6. The molecule has 2 nitrogen and oxygen atoms in total. The predicted octanol–water partition coefficient (Wildman–Crippen LogP) is 2.65. The topological polar surface area (TPSA) is 21.3 Å². The van der Waals surface area contributed by atoms with E-state index in [0.717, 1.165) is 6.07 Å². The van der Waals surface area contributed by atoms with Gasteiger partial charge in [-0.2, -0.15) is 0 Å². The molecule has 2 unspecified atom stereocenters. The van der Waals surface area contributed by atoms with Crippen molar-refractivity contribution < 1.29 is 13.5 Å². The first-order valence-corrected chi connectivity index (χ1v) is 5.34. The minimum Gasteiger partial charge on any atom is -0.377 e. The van der Waals surface area contributed by atoms with Gasteiger partial charge in [0.2, 0.25) is 0 Å². The standard InChI is InChI=1S/C12H17F2NO/c1-4-16-8(2)12(15-3)9-6-5-7-10(13)11(9)14/h5-8,12,15H,4H2,1-3H3. The Morgan fingerprint density at radius 3 is 2.62 bits per heavy atom. The fourth-order valence-corrected chi connectivity index (χ4v) is 1.76. The molecule has 0 saturated heterocycles. The molecule has 0 fully saturated rings. The Hall–Kier alpha value is -1.00. The second-order valence-electron chi connectivity index (χ2n) is 3.57. The van der Waals surface area contributed by atoms with Crippen molar-refractivity contribution in [3.63, 3.8) is 0 Å². The smallest absolute Gasteiger partial charge is 0.163 e. The Labute approximate surface area is 94.6 Å². The highest BCUT2D eigenvalue weighted by Gasteiger charge is 2.22. The monoisotopic (exact) mass is 229 g/mol. The molecule has 2 atom stereocenters. The summed E-state index contributed by atoms with van der Waals surface area (Å²) in [7, 11) is 1.70. The second kappa shape index (κ2) is 5.92. The van der Waals surface area contributed by atoms with Gasteiger partial charge in [-0.05, 0) is 27.0 Å². The van der Waals surface area contributed by atoms with E-state index in [1.54, 1.807) is 13.1 Å². The van der Waals surface area contributed by atoms with Crippen LogP contribution in [0.1, 0.15) is 25.5 Å². The molecule has 1 aromatic rings. The van der Waals surface area contributed by atoms with Crippen LogP contribution in [0.5, 0.6) is 0 Å². The van der Waals surface area contributed by atoms with Crippen molar-refractivity contribution in [1.82, 2.24) is 5.32 Å². The molecule has 16 heavy (non-hydrogen) atoms. The highest BCUT2D eigenvalue weighted by Crippen LogP contribution is 2.23. The summed E-state index contributed by atoms with van der Waals surface area (Å²) in [6.45, 7) is 4.23. The number of ether oxygens (including phenoxy) is 1. The Morgan fingerprint density at radius 2 is 2.06 bits per heavy atom. The van der Waals surface area contributed by atoms with E-state index >= 15 is 0 Å². The Morgan fingerprint density at radius 1 is 1.38 bits per heavy atom. The third-order valence-corrected chi connectivity index (χ3v) is 2.53. The molecule has 1 aromatic carbocycles. The van der Waals surface area contributed by atoms with Crippen molar-refractivity contribution in [2.24, 2.45) is 0 Å². The molecule has 0 aliphatic carbocycles. The Kier molecular flexibility index (Phi) is 4.83. The molecule has 0 aliphatic rings. The van der Waals surface area contributed by atoms with E-state index in [-0.39, 0.29) is 12.1 Å². The lowest BCUT2D eigenvalue weighted by Gasteiger charge is -2.24. The van der Waals surface area contributed by atoms with Crippen LogP contribution in [0, 0.1) is 11.6 Å². The number of likely N-dealkylation sites (N-methyl/N-ethyl adjacent to an activating group) is 1. The van der Waals surface area contributed by atoms with Crippen LogP contribution in [0.15, 0.2) is 18.2 Å². The zero-order chi connectivity index (χ0) is 12.1. The summed E-state index contributed by atoms with van der Waals surface area (Å²) in [4.78, 5) is 0. The summed E-state index contributed by atoms with van der Waals surface area (Å²) in [5, 5.41) is 2.94. The molecule has 4 heteroatoms. The van der Waals surface area contributed by atoms with Crippen LogP contribution >= 0.6 is 0 Å². The van der Waals surface area contributed by atoms with Gasteiger partial charge in [-0.25, -0.2) is 8.78 Å². The molecular formula is C12H17F2NO. The number of nitrogens with one attached hydrogen (secondary N) is 1. The van der Waals surface area contributed by atoms with Crippen LogP contribution in [0.25, 0.3) is 0 Å². The summed E-state index contributed by atoms with van der Waals surface area (Å²) in [6, 6.07) is 3.82. The van der Waals surface area contributed by atoms with Crippen LogP contribution in [-0.2, 0) is 4.74 Å². The van der Waals surface area contributed by atoms with Crippen LogP contribution in [0.3, 0.4) is 0 Å². The first-order chi connectivity index (χ1) is 7.61. The van der Waals surface area contributed by atoms with Gasteiger partial charge in [-0.15, -0.1) is 0 Å². The van der Waals surface area contributed by atoms with Gasteiger partial charge < -0.3 is 10.1 Å². The first kappa shape index (κ1) is 13.1. The number of hydrogen-bond acceptors (Lipinski definition) is 2. The fourth-order valence-electron chi connectivity index (χ4n) is 1.76. The zero-order valence-electron chi connectivity index (χ0n) is 9.76. The van der Waals surface area contributed by atoms with Crippen molar-refractivity contribution in [3.05, 3.63) is 35.4 Å². The van der Waals surface area contributed by atoms with Gasteiger partial charge in [0.25, 0.3) is 0 Å². The van der Waals surface area contributed by atoms with E-state index in [9.17, 15) is 8.78 Å². The lowest BCUT2D eigenvalue weighted by molar-refractivity contribution is 0.0482. The fraction of sp³-hybridized carbons (Fsp3) is 0.500. The molecule has 1 rings (SSSR count). The minimum absolute atomic E-state index is 0.216. The summed E-state index contributed by atoms with van der Waals surface area (Å²) >= 11 is 0. The molecule has 1 N–H and O–H groups in total. The summed E-state index contributed by atoms with van der Waals surface area (Å²) in [5.41, 5.74) is 0.295. The van der Waals surface area contributed by atoms with Crippen molar-refractivity contribution in [2.45, 2.75) is 26.0 Å². The number of rotatable bonds is 5. The maximum atomic E-state index is 13.6. The van der Waals surface area contributed by atoms with E-state index < -0.39 is 11.6 Å². The third-order valence-electron chi connectivity index (χ3n) is 2.53. The maximum Gasteiger partial charge on any atom is 0.163 e. The van der Waals surface area contributed by atoms with Crippen molar-refractivity contribution in [3.8, 4) is 0 Å². The van der Waals surface area contributed by atoms with Gasteiger partial charge in [-0.1, -0.05) is 12.1 Å². The van der Waals surface area contributed by atoms with Gasteiger partial charge in [0, 0.05) is 12.2 Å². The summed E-state index contributed by atoms with van der Waals surface area (Å²) < 4.78 is 32.0. The van der Waals surface area contributed by atoms with Gasteiger partial charge in [0.05, 0.1) is 12.1 Å². The summed E-state index contributed by atoms with van der Waals surface area (Å²) in [6.07, 6.45) is -0.216. The summed E-state index contributed by atoms with van der Waals surface area (Å²) in [5.74, 6) is -1.64. The number of benzene rings is 1. The molecular weight excluding hydrogens is 212 g/mol. The van der Waals surface area contributed by atoms with Crippen molar-refractivity contribution in [1.29, 1.82) is 0 Å². The van der Waals surface area contributed by atoms with Crippen molar-refractivity contribution in [2.75, 3.05) is 13.7 Å². The Balaban J connectivity index is 2.99. The van der Waals surface area contributed by atoms with Crippen LogP contribution < -0.4 is 5.32 Å². The normalized spacial score (nSPS) is 14.8. The molecule has 0 aromatic heterocycles. The molecule has 0 radical (unpaired) electrons. The SMILES string of the molecule is CCOC(C)C(NC)c1cccc(F)c1F. The van der Waals surface area contributed by atoms with Crippen LogP contribution in [-0.4, -0.2) is 19.8 Å². The van der Waals surface area contributed by atoms with Crippen LogP contribution in [0.4, 0.5) is 8.78 Å². The predicted molar refractivity (Wildman–Crippen MR) is 59.2 cm³/mol. The quantitative estimate of drug-likeness (QED) is 0.838. The second-order valence-corrected chi connectivity index (χ2v) is 3.57. The van der Waals surface area contributed by atoms with E-state index in [0.29, 0.717) is 12.2 Å². The molecule has 90 valence electrons. The zero-order valence-corrected chi connectivity index (χ0v) is 9.76. The average molecular weight is 229 g/mol. The van der Waals surface area contributed by atoms with E-state index in [1.807, 2.05) is 13.8 Å². The first-order valence-electron chi connectivity index (χ1n) is 5.34.